The van der Waals surface area contributed by atoms with Gasteiger partial charge in [0.25, 0.3) is 0 Å². The fraction of sp³-hybridized carbons (Fsp3) is 0.400. The van der Waals surface area contributed by atoms with E-state index >= 15 is 0 Å². The lowest BCUT2D eigenvalue weighted by atomic mass is 10.2. The lowest BCUT2D eigenvalue weighted by Gasteiger charge is -2.31. The second-order valence-electron chi connectivity index (χ2n) is 8.58. The van der Waals surface area contributed by atoms with E-state index in [1.807, 2.05) is 25.1 Å². The summed E-state index contributed by atoms with van der Waals surface area (Å²) in [5, 5.41) is 14.1. The molecule has 0 amide bonds. The van der Waals surface area contributed by atoms with Crippen molar-refractivity contribution in [3.63, 3.8) is 0 Å². The first-order valence-electron chi connectivity index (χ1n) is 11.7. The number of pyridine rings is 1. The van der Waals surface area contributed by atoms with Gasteiger partial charge in [0.15, 0.2) is 17.2 Å². The van der Waals surface area contributed by atoms with Crippen LogP contribution in [0.1, 0.15) is 12.6 Å². The average Bonchev–Trinajstić information content (AvgIpc) is 3.21. The topological polar surface area (TPSA) is 99.8 Å². The minimum absolute atomic E-state index is 0.166. The largest absolute Gasteiger partial charge is 0.508 e. The van der Waals surface area contributed by atoms with Gasteiger partial charge in [-0.1, -0.05) is 12.1 Å². The number of nitrogens with one attached hydrogen (secondary N) is 1. The molecule has 34 heavy (non-hydrogen) atoms. The molecule has 5 rings (SSSR count). The third-order valence-electron chi connectivity index (χ3n) is 6.07. The summed E-state index contributed by atoms with van der Waals surface area (Å²) in [4.78, 5) is 19.1. The number of furan rings is 1. The monoisotopic (exact) mass is 462 g/mol. The van der Waals surface area contributed by atoms with Gasteiger partial charge >= 0.3 is 0 Å². The molecule has 0 bridgehead atoms. The number of benzene rings is 1. The van der Waals surface area contributed by atoms with Crippen molar-refractivity contribution < 1.29 is 14.3 Å². The Morgan fingerprint density at radius 3 is 2.74 bits per heavy atom. The first-order chi connectivity index (χ1) is 16.6. The van der Waals surface area contributed by atoms with E-state index in [-0.39, 0.29) is 5.75 Å². The third-order valence-corrected chi connectivity index (χ3v) is 6.07. The predicted octanol–water partition coefficient (Wildman–Crippen LogP) is 3.34. The summed E-state index contributed by atoms with van der Waals surface area (Å²) in [6, 6.07) is 11.0. The van der Waals surface area contributed by atoms with Crippen molar-refractivity contribution in [1.82, 2.24) is 24.8 Å². The van der Waals surface area contributed by atoms with Crippen LogP contribution in [0.2, 0.25) is 0 Å². The van der Waals surface area contributed by atoms with Crippen molar-refractivity contribution >= 4 is 28.0 Å². The van der Waals surface area contributed by atoms with Crippen LogP contribution in [0, 0.1) is 0 Å². The molecule has 1 fully saturated rings. The Morgan fingerprint density at radius 1 is 1.09 bits per heavy atom. The van der Waals surface area contributed by atoms with E-state index in [0.29, 0.717) is 48.2 Å². The molecule has 0 aliphatic carbocycles. The number of phenols is 1. The van der Waals surface area contributed by atoms with E-state index in [9.17, 15) is 5.11 Å². The molecule has 9 heteroatoms. The van der Waals surface area contributed by atoms with Crippen LogP contribution in [0.15, 0.2) is 40.8 Å². The fourth-order valence-electron chi connectivity index (χ4n) is 4.17. The first kappa shape index (κ1) is 22.5. The fourth-order valence-corrected chi connectivity index (χ4v) is 4.17. The standard InChI is InChI=1S/C25H30N6O3/c1-3-33-14-9-26-24-22-21(28-23(29-24)17-5-4-6-19(32)15-17)20-8-7-18(27-25(20)34-22)16-31-12-10-30(2)11-13-31/h4-8,15,32H,3,9-14,16H2,1-2H3,(H,26,28,29). The Morgan fingerprint density at radius 2 is 1.94 bits per heavy atom. The molecule has 0 atom stereocenters. The van der Waals surface area contributed by atoms with Gasteiger partial charge in [0.1, 0.15) is 11.3 Å². The maximum atomic E-state index is 9.95. The molecule has 9 nitrogen and oxygen atoms in total. The average molecular weight is 463 g/mol. The molecule has 0 spiro atoms. The zero-order valence-electron chi connectivity index (χ0n) is 19.6. The number of hydrogen-bond acceptors (Lipinski definition) is 9. The highest BCUT2D eigenvalue weighted by atomic mass is 16.5. The number of aromatic nitrogens is 3. The van der Waals surface area contributed by atoms with Gasteiger partial charge in [0.05, 0.1) is 17.7 Å². The van der Waals surface area contributed by atoms with Crippen molar-refractivity contribution in [1.29, 1.82) is 0 Å². The van der Waals surface area contributed by atoms with E-state index in [4.69, 9.17) is 24.1 Å². The van der Waals surface area contributed by atoms with Crippen molar-refractivity contribution in [3.8, 4) is 17.1 Å². The Balaban J connectivity index is 1.52. The molecule has 2 N–H and O–H groups in total. The molecular formula is C25H30N6O3. The lowest BCUT2D eigenvalue weighted by Crippen LogP contribution is -2.43. The van der Waals surface area contributed by atoms with Gasteiger partial charge in [-0.2, -0.15) is 0 Å². The van der Waals surface area contributed by atoms with Crippen molar-refractivity contribution in [2.45, 2.75) is 13.5 Å². The molecule has 4 heterocycles. The molecule has 1 aromatic carbocycles. The molecular weight excluding hydrogens is 432 g/mol. The summed E-state index contributed by atoms with van der Waals surface area (Å²) in [5.74, 6) is 1.26. The Kier molecular flexibility index (Phi) is 6.57. The lowest BCUT2D eigenvalue weighted by molar-refractivity contribution is 0.147. The summed E-state index contributed by atoms with van der Waals surface area (Å²) >= 11 is 0. The van der Waals surface area contributed by atoms with Crippen LogP contribution in [-0.2, 0) is 11.3 Å². The minimum Gasteiger partial charge on any atom is -0.508 e. The molecule has 1 saturated heterocycles. The molecule has 0 unspecified atom stereocenters. The second kappa shape index (κ2) is 9.92. The third kappa shape index (κ3) is 4.82. The Bertz CT molecular complexity index is 1280. The summed E-state index contributed by atoms with van der Waals surface area (Å²) in [7, 11) is 2.15. The molecule has 178 valence electrons. The van der Waals surface area contributed by atoms with Crippen LogP contribution in [0.4, 0.5) is 5.82 Å². The van der Waals surface area contributed by atoms with E-state index < -0.39 is 0 Å². The number of nitrogens with zero attached hydrogens (tertiary/aromatic N) is 5. The van der Waals surface area contributed by atoms with Gasteiger partial charge in [-0.25, -0.2) is 15.0 Å². The number of phenolic OH excluding ortho intramolecular Hbond substituents is 1. The molecule has 4 aromatic rings. The van der Waals surface area contributed by atoms with Gasteiger partial charge in [-0.05, 0) is 38.2 Å². The van der Waals surface area contributed by atoms with E-state index in [0.717, 1.165) is 49.4 Å². The number of piperazine rings is 1. The van der Waals surface area contributed by atoms with Crippen LogP contribution in [0.5, 0.6) is 5.75 Å². The maximum absolute atomic E-state index is 9.95. The van der Waals surface area contributed by atoms with Gasteiger partial charge < -0.3 is 24.5 Å². The predicted molar refractivity (Wildman–Crippen MR) is 132 cm³/mol. The summed E-state index contributed by atoms with van der Waals surface area (Å²) < 4.78 is 11.6. The summed E-state index contributed by atoms with van der Waals surface area (Å²) in [6.07, 6.45) is 0. The Hall–Kier alpha value is -3.27. The van der Waals surface area contributed by atoms with Gasteiger partial charge in [0, 0.05) is 51.4 Å². The number of fused-ring (bicyclic) bond motifs is 3. The number of ether oxygens (including phenoxy) is 1. The van der Waals surface area contributed by atoms with Crippen LogP contribution < -0.4 is 5.32 Å². The van der Waals surface area contributed by atoms with Gasteiger partial charge in [-0.3, -0.25) is 4.90 Å². The van der Waals surface area contributed by atoms with Gasteiger partial charge in [-0.15, -0.1) is 0 Å². The molecule has 1 aliphatic rings. The number of anilines is 1. The molecule has 0 saturated carbocycles. The number of hydrogen-bond donors (Lipinski definition) is 2. The maximum Gasteiger partial charge on any atom is 0.229 e. The highest BCUT2D eigenvalue weighted by molar-refractivity contribution is 6.05. The van der Waals surface area contributed by atoms with Crippen molar-refractivity contribution in [2.75, 3.05) is 58.3 Å². The zero-order valence-corrected chi connectivity index (χ0v) is 19.6. The normalized spacial score (nSPS) is 15.4. The zero-order chi connectivity index (χ0) is 23.5. The second-order valence-corrected chi connectivity index (χ2v) is 8.58. The number of rotatable bonds is 8. The minimum atomic E-state index is 0.166. The molecule has 3 aromatic heterocycles. The van der Waals surface area contributed by atoms with Crippen LogP contribution in [0.3, 0.4) is 0 Å². The SMILES string of the molecule is CCOCCNc1nc(-c2cccc(O)c2)nc2c1oc1nc(CN3CCN(C)CC3)ccc12. The Labute approximate surface area is 198 Å². The van der Waals surface area contributed by atoms with E-state index in [1.165, 1.54) is 0 Å². The van der Waals surface area contributed by atoms with Crippen LogP contribution >= 0.6 is 0 Å². The molecule has 1 aliphatic heterocycles. The van der Waals surface area contributed by atoms with Crippen LogP contribution in [-0.4, -0.2) is 82.8 Å². The highest BCUT2D eigenvalue weighted by Crippen LogP contribution is 2.33. The van der Waals surface area contributed by atoms with Crippen molar-refractivity contribution in [2.24, 2.45) is 0 Å². The summed E-state index contributed by atoms with van der Waals surface area (Å²) in [5.41, 5.74) is 3.52. The quantitative estimate of drug-likeness (QED) is 0.382. The number of aromatic hydroxyl groups is 1. The van der Waals surface area contributed by atoms with Crippen molar-refractivity contribution in [3.05, 3.63) is 42.1 Å². The van der Waals surface area contributed by atoms with E-state index in [1.54, 1.807) is 18.2 Å². The smallest absolute Gasteiger partial charge is 0.229 e. The summed E-state index contributed by atoms with van der Waals surface area (Å²) in [6.45, 7) is 8.74. The number of likely N-dealkylation sites (N-methyl/N-ethyl adjacent to an activating group) is 1. The molecule has 0 radical (unpaired) electrons. The van der Waals surface area contributed by atoms with E-state index in [2.05, 4.69) is 22.2 Å². The van der Waals surface area contributed by atoms with Gasteiger partial charge in [0.2, 0.25) is 5.71 Å². The first-order valence-corrected chi connectivity index (χ1v) is 11.7. The van der Waals surface area contributed by atoms with Crippen LogP contribution in [0.25, 0.3) is 33.6 Å². The highest BCUT2D eigenvalue weighted by Gasteiger charge is 2.19.